The van der Waals surface area contributed by atoms with Crippen molar-refractivity contribution in [3.63, 3.8) is 0 Å². The first kappa shape index (κ1) is 21.7. The van der Waals surface area contributed by atoms with Crippen molar-refractivity contribution in [3.8, 4) is 11.1 Å². The maximum absolute atomic E-state index is 12.1. The number of rotatable bonds is 4. The number of anilines is 1. The van der Waals surface area contributed by atoms with Crippen LogP contribution >= 0.6 is 0 Å². The quantitative estimate of drug-likeness (QED) is 0.555. The van der Waals surface area contributed by atoms with Crippen LogP contribution in [0.5, 0.6) is 0 Å². The van der Waals surface area contributed by atoms with Gasteiger partial charge < -0.3 is 19.9 Å². The van der Waals surface area contributed by atoms with Crippen LogP contribution in [-0.4, -0.2) is 65.3 Å². The third kappa shape index (κ3) is 4.15. The van der Waals surface area contributed by atoms with Crippen LogP contribution in [0.1, 0.15) is 38.2 Å². The molecule has 0 aliphatic carbocycles. The van der Waals surface area contributed by atoms with E-state index in [2.05, 4.69) is 40.4 Å². The number of amides is 1. The standard InChI is InChI=1S/C25H32N6O2/c1-16-12-31(24-5-4-18(10-21(16)24)19-11-27-29(3)13-19)25(26)22-14-30(17(2)32)8-6-23(22)28-20-7-9-33-15-20/h4-5,10-11,13,16,20,26,28H,6-9,12,14-15H2,1-3H3/t16-,20-/m0/s1. The number of hydrogen-bond acceptors (Lipinski definition) is 5. The molecule has 8 heteroatoms. The van der Waals surface area contributed by atoms with E-state index in [1.54, 1.807) is 6.92 Å². The molecule has 0 radical (unpaired) electrons. The summed E-state index contributed by atoms with van der Waals surface area (Å²) in [7, 11) is 1.92. The van der Waals surface area contributed by atoms with Crippen molar-refractivity contribution in [2.45, 2.75) is 38.6 Å². The van der Waals surface area contributed by atoms with E-state index in [0.29, 0.717) is 31.4 Å². The first-order valence-electron chi connectivity index (χ1n) is 11.7. The van der Waals surface area contributed by atoms with E-state index >= 15 is 0 Å². The molecule has 0 unspecified atom stereocenters. The Bertz CT molecular complexity index is 1110. The third-order valence-electron chi connectivity index (χ3n) is 7.00. The summed E-state index contributed by atoms with van der Waals surface area (Å²) in [6.07, 6.45) is 5.62. The van der Waals surface area contributed by atoms with Gasteiger partial charge in [-0.05, 0) is 29.7 Å². The summed E-state index contributed by atoms with van der Waals surface area (Å²) in [5, 5.41) is 17.1. The van der Waals surface area contributed by atoms with E-state index < -0.39 is 0 Å². The average Bonchev–Trinajstić information content (AvgIpc) is 3.54. The van der Waals surface area contributed by atoms with Gasteiger partial charge in [0.2, 0.25) is 5.91 Å². The minimum atomic E-state index is 0.0554. The number of amidine groups is 1. The number of aryl methyl sites for hydroxylation is 1. The third-order valence-corrected chi connectivity index (χ3v) is 7.00. The Morgan fingerprint density at radius 3 is 2.85 bits per heavy atom. The smallest absolute Gasteiger partial charge is 0.219 e. The van der Waals surface area contributed by atoms with Crippen LogP contribution in [0.2, 0.25) is 0 Å². The second-order valence-electron chi connectivity index (χ2n) is 9.39. The molecule has 0 saturated carbocycles. The molecule has 2 N–H and O–H groups in total. The minimum absolute atomic E-state index is 0.0554. The van der Waals surface area contributed by atoms with Gasteiger partial charge in [-0.1, -0.05) is 13.0 Å². The number of aromatic nitrogens is 2. The van der Waals surface area contributed by atoms with Gasteiger partial charge in [0, 0.05) is 74.7 Å². The van der Waals surface area contributed by atoms with Gasteiger partial charge >= 0.3 is 0 Å². The van der Waals surface area contributed by atoms with Crippen molar-refractivity contribution >= 4 is 17.4 Å². The minimum Gasteiger partial charge on any atom is -0.383 e. The molecule has 0 bridgehead atoms. The van der Waals surface area contributed by atoms with Crippen molar-refractivity contribution in [3.05, 3.63) is 47.4 Å². The summed E-state index contributed by atoms with van der Waals surface area (Å²) in [5.74, 6) is 0.853. The van der Waals surface area contributed by atoms with Gasteiger partial charge in [0.25, 0.3) is 0 Å². The highest BCUT2D eigenvalue weighted by atomic mass is 16.5. The Labute approximate surface area is 194 Å². The number of benzene rings is 1. The second-order valence-corrected chi connectivity index (χ2v) is 9.39. The largest absolute Gasteiger partial charge is 0.383 e. The monoisotopic (exact) mass is 448 g/mol. The molecule has 2 aromatic rings. The van der Waals surface area contributed by atoms with Gasteiger partial charge in [-0.15, -0.1) is 0 Å². The van der Waals surface area contributed by atoms with E-state index in [-0.39, 0.29) is 11.9 Å². The molecule has 1 aromatic heterocycles. The maximum Gasteiger partial charge on any atom is 0.219 e. The SMILES string of the molecule is CC(=O)N1CCC(N[C@H]2CCOC2)=C(C(=N)N2C[C@H](C)c3cc(-c4cnn(C)c4)ccc32)C1. The summed E-state index contributed by atoms with van der Waals surface area (Å²) >= 11 is 0. The topological polar surface area (TPSA) is 86.5 Å². The molecular formula is C25H32N6O2. The fourth-order valence-electron chi connectivity index (χ4n) is 5.09. The molecule has 5 rings (SSSR count). The van der Waals surface area contributed by atoms with Crippen molar-refractivity contribution in [2.75, 3.05) is 37.7 Å². The number of nitrogens with one attached hydrogen (secondary N) is 2. The van der Waals surface area contributed by atoms with Gasteiger partial charge in [-0.25, -0.2) is 0 Å². The molecule has 1 fully saturated rings. The van der Waals surface area contributed by atoms with Crippen molar-refractivity contribution in [1.82, 2.24) is 20.0 Å². The Morgan fingerprint density at radius 2 is 2.15 bits per heavy atom. The van der Waals surface area contributed by atoms with Crippen LogP contribution < -0.4 is 10.2 Å². The molecule has 174 valence electrons. The highest BCUT2D eigenvalue weighted by Crippen LogP contribution is 2.40. The normalized spacial score (nSPS) is 22.6. The van der Waals surface area contributed by atoms with Gasteiger partial charge in [0.05, 0.1) is 25.4 Å². The van der Waals surface area contributed by atoms with Crippen molar-refractivity contribution < 1.29 is 9.53 Å². The lowest BCUT2D eigenvalue weighted by Crippen LogP contribution is -2.45. The lowest BCUT2D eigenvalue weighted by atomic mass is 9.99. The molecular weight excluding hydrogens is 416 g/mol. The highest BCUT2D eigenvalue weighted by Gasteiger charge is 2.33. The number of ether oxygens (including phenoxy) is 1. The summed E-state index contributed by atoms with van der Waals surface area (Å²) in [4.78, 5) is 16.1. The zero-order valence-corrected chi connectivity index (χ0v) is 19.6. The maximum atomic E-state index is 12.1. The van der Waals surface area contributed by atoms with Crippen LogP contribution in [0.15, 0.2) is 41.9 Å². The predicted molar refractivity (Wildman–Crippen MR) is 128 cm³/mol. The van der Waals surface area contributed by atoms with E-state index in [1.165, 1.54) is 5.56 Å². The van der Waals surface area contributed by atoms with Gasteiger partial charge in [0.1, 0.15) is 5.84 Å². The number of carbonyl (C=O) groups is 1. The Hall–Kier alpha value is -3.13. The predicted octanol–water partition coefficient (Wildman–Crippen LogP) is 2.87. The van der Waals surface area contributed by atoms with Crippen LogP contribution in [-0.2, 0) is 16.6 Å². The van der Waals surface area contributed by atoms with Gasteiger partial charge in [0.15, 0.2) is 0 Å². The Morgan fingerprint density at radius 1 is 1.30 bits per heavy atom. The Kier molecular flexibility index (Phi) is 5.70. The summed E-state index contributed by atoms with van der Waals surface area (Å²) in [5.41, 5.74) is 6.57. The van der Waals surface area contributed by atoms with Crippen LogP contribution in [0.3, 0.4) is 0 Å². The molecule has 2 atom stereocenters. The number of fused-ring (bicyclic) bond motifs is 1. The summed E-state index contributed by atoms with van der Waals surface area (Å²) < 4.78 is 7.36. The van der Waals surface area contributed by atoms with Crippen molar-refractivity contribution in [1.29, 1.82) is 5.41 Å². The molecule has 3 aliphatic rings. The zero-order valence-electron chi connectivity index (χ0n) is 19.6. The summed E-state index contributed by atoms with van der Waals surface area (Å²) in [6, 6.07) is 6.75. The van der Waals surface area contributed by atoms with Gasteiger partial charge in [-0.3, -0.25) is 14.9 Å². The molecule has 1 aromatic carbocycles. The van der Waals surface area contributed by atoms with Gasteiger partial charge in [-0.2, -0.15) is 5.10 Å². The van der Waals surface area contributed by atoms with Crippen LogP contribution in [0, 0.1) is 5.41 Å². The first-order valence-corrected chi connectivity index (χ1v) is 11.7. The molecule has 1 saturated heterocycles. The molecule has 3 aliphatic heterocycles. The fourth-order valence-corrected chi connectivity index (χ4v) is 5.09. The lowest BCUT2D eigenvalue weighted by molar-refractivity contribution is -0.128. The lowest BCUT2D eigenvalue weighted by Gasteiger charge is -2.34. The zero-order chi connectivity index (χ0) is 23.1. The number of hydrogen-bond donors (Lipinski definition) is 2. The van der Waals surface area contributed by atoms with E-state index in [0.717, 1.165) is 54.1 Å². The average molecular weight is 449 g/mol. The summed E-state index contributed by atoms with van der Waals surface area (Å²) in [6.45, 7) is 7.20. The Balaban J connectivity index is 1.46. The highest BCUT2D eigenvalue weighted by molar-refractivity contribution is 6.10. The molecule has 1 amide bonds. The fraction of sp³-hybridized carbons (Fsp3) is 0.480. The second kappa shape index (κ2) is 8.67. The molecule has 4 heterocycles. The molecule has 8 nitrogen and oxygen atoms in total. The van der Waals surface area contributed by atoms with E-state index in [9.17, 15) is 10.2 Å². The molecule has 33 heavy (non-hydrogen) atoms. The number of nitrogens with zero attached hydrogens (tertiary/aromatic N) is 4. The van der Waals surface area contributed by atoms with E-state index in [4.69, 9.17) is 4.74 Å². The first-order chi connectivity index (χ1) is 15.9. The molecule has 0 spiro atoms. The van der Waals surface area contributed by atoms with Crippen molar-refractivity contribution in [2.24, 2.45) is 7.05 Å². The van der Waals surface area contributed by atoms with E-state index in [1.807, 2.05) is 29.0 Å². The number of carbonyl (C=O) groups excluding carboxylic acids is 1. The van der Waals surface area contributed by atoms with Crippen LogP contribution in [0.4, 0.5) is 5.69 Å². The van der Waals surface area contributed by atoms with Crippen LogP contribution in [0.25, 0.3) is 11.1 Å².